The van der Waals surface area contributed by atoms with Gasteiger partial charge in [-0.15, -0.1) is 0 Å². The van der Waals surface area contributed by atoms with E-state index in [4.69, 9.17) is 23.2 Å². The Kier molecular flexibility index (Phi) is 7.25. The Balaban J connectivity index is 1.87. The van der Waals surface area contributed by atoms with Crippen LogP contribution in [0.2, 0.25) is 10.0 Å². The maximum absolute atomic E-state index is 12.7. The summed E-state index contributed by atoms with van der Waals surface area (Å²) >= 11 is 12.2. The molecule has 0 bridgehead atoms. The Morgan fingerprint density at radius 2 is 1.55 bits per heavy atom. The van der Waals surface area contributed by atoms with Gasteiger partial charge in [0.15, 0.2) is 5.78 Å². The summed E-state index contributed by atoms with van der Waals surface area (Å²) in [6.45, 7) is 3.11. The van der Waals surface area contributed by atoms with Crippen LogP contribution < -0.4 is 16.6 Å². The second-order valence-corrected chi connectivity index (χ2v) is 8.61. The highest BCUT2D eigenvalue weighted by molar-refractivity contribution is 6.39. The van der Waals surface area contributed by atoms with Gasteiger partial charge in [0.1, 0.15) is 0 Å². The largest absolute Gasteiger partial charge is 0.342 e. The Labute approximate surface area is 200 Å². The number of rotatable bonds is 6. The lowest BCUT2D eigenvalue weighted by molar-refractivity contribution is -0.118. The first-order valence-electron chi connectivity index (χ1n) is 10.1. The number of nitrogens with zero attached hydrogens (tertiary/aromatic N) is 2. The molecule has 33 heavy (non-hydrogen) atoms. The van der Waals surface area contributed by atoms with Gasteiger partial charge in [0.05, 0.1) is 27.2 Å². The molecule has 7 nitrogen and oxygen atoms in total. The Hall–Kier alpha value is -3.16. The fourth-order valence-electron chi connectivity index (χ4n) is 3.56. The van der Waals surface area contributed by atoms with Crippen molar-refractivity contribution < 1.29 is 9.59 Å². The van der Waals surface area contributed by atoms with Crippen molar-refractivity contribution in [2.45, 2.75) is 26.3 Å². The van der Waals surface area contributed by atoms with Gasteiger partial charge in [-0.05, 0) is 43.5 Å². The predicted molar refractivity (Wildman–Crippen MR) is 129 cm³/mol. The molecule has 0 aliphatic heterocycles. The van der Waals surface area contributed by atoms with Crippen molar-refractivity contribution in [3.05, 3.63) is 90.2 Å². The summed E-state index contributed by atoms with van der Waals surface area (Å²) in [6.07, 6.45) is 0.244. The van der Waals surface area contributed by atoms with Crippen LogP contribution in [0.3, 0.4) is 0 Å². The number of aromatic nitrogens is 2. The third kappa shape index (κ3) is 4.94. The number of hydrogen-bond donors (Lipinski definition) is 1. The lowest BCUT2D eigenvalue weighted by atomic mass is 9.98. The molecule has 0 aliphatic rings. The van der Waals surface area contributed by atoms with Gasteiger partial charge in [-0.3, -0.25) is 19.0 Å². The third-order valence-electron chi connectivity index (χ3n) is 5.63. The molecular formula is C24H23Cl2N3O4. The van der Waals surface area contributed by atoms with Crippen LogP contribution in [-0.4, -0.2) is 26.9 Å². The van der Waals surface area contributed by atoms with Crippen LogP contribution in [0.25, 0.3) is 11.1 Å². The molecule has 1 N–H and O–H groups in total. The van der Waals surface area contributed by atoms with E-state index in [-0.39, 0.29) is 33.4 Å². The summed E-state index contributed by atoms with van der Waals surface area (Å²) in [5, 5.41) is 3.09. The number of hydrogen-bond acceptors (Lipinski definition) is 4. The topological polar surface area (TPSA) is 90.2 Å². The number of carbonyl (C=O) groups excluding carboxylic acids is 2. The van der Waals surface area contributed by atoms with Gasteiger partial charge in [-0.25, -0.2) is 4.79 Å². The summed E-state index contributed by atoms with van der Waals surface area (Å²) in [4.78, 5) is 49.7. The fraction of sp³-hybridized carbons (Fsp3) is 0.250. The molecule has 172 valence electrons. The van der Waals surface area contributed by atoms with Crippen molar-refractivity contribution in [1.29, 1.82) is 0 Å². The van der Waals surface area contributed by atoms with E-state index in [2.05, 4.69) is 5.32 Å². The van der Waals surface area contributed by atoms with Crippen LogP contribution >= 0.6 is 23.2 Å². The fourth-order valence-corrected chi connectivity index (χ4v) is 4.13. The average Bonchev–Trinajstić information content (AvgIpc) is 2.77. The molecule has 1 heterocycles. The molecule has 0 radical (unpaired) electrons. The summed E-state index contributed by atoms with van der Waals surface area (Å²) < 4.78 is 2.49. The van der Waals surface area contributed by atoms with Crippen LogP contribution in [0.1, 0.15) is 28.5 Å². The van der Waals surface area contributed by atoms with Crippen molar-refractivity contribution in [2.24, 2.45) is 14.1 Å². The highest BCUT2D eigenvalue weighted by atomic mass is 35.5. The van der Waals surface area contributed by atoms with E-state index in [1.165, 1.54) is 18.5 Å². The van der Waals surface area contributed by atoms with E-state index in [0.717, 1.165) is 10.1 Å². The molecule has 0 saturated carbocycles. The van der Waals surface area contributed by atoms with E-state index in [9.17, 15) is 19.2 Å². The van der Waals surface area contributed by atoms with Crippen molar-refractivity contribution >= 4 is 34.9 Å². The van der Waals surface area contributed by atoms with Crippen molar-refractivity contribution in [3.8, 4) is 11.1 Å². The molecule has 1 amide bonds. The Morgan fingerprint density at radius 3 is 2.09 bits per heavy atom. The maximum atomic E-state index is 12.7. The van der Waals surface area contributed by atoms with Crippen molar-refractivity contribution in [1.82, 2.24) is 14.5 Å². The number of amides is 1. The molecule has 2 aromatic carbocycles. The van der Waals surface area contributed by atoms with Gasteiger partial charge in [-0.1, -0.05) is 53.5 Å². The highest BCUT2D eigenvalue weighted by Gasteiger charge is 2.22. The Morgan fingerprint density at radius 1 is 0.970 bits per heavy atom. The number of ketones is 1. The minimum Gasteiger partial charge on any atom is -0.342 e. The molecule has 0 aliphatic carbocycles. The molecule has 0 spiro atoms. The molecule has 1 unspecified atom stereocenters. The summed E-state index contributed by atoms with van der Waals surface area (Å²) in [5.41, 5.74) is 1.76. The zero-order chi connectivity index (χ0) is 24.4. The van der Waals surface area contributed by atoms with Crippen LogP contribution in [0.15, 0.2) is 52.1 Å². The van der Waals surface area contributed by atoms with Crippen LogP contribution in [0, 0.1) is 6.92 Å². The minimum absolute atomic E-state index is 0.114. The maximum Gasteiger partial charge on any atom is 0.330 e. The minimum atomic E-state index is -0.789. The zero-order valence-corrected chi connectivity index (χ0v) is 20.1. The molecule has 0 saturated heterocycles. The molecule has 3 rings (SSSR count). The predicted octanol–water partition coefficient (Wildman–Crippen LogP) is 3.30. The first-order valence-corrected chi connectivity index (χ1v) is 10.9. The number of halogens is 2. The van der Waals surface area contributed by atoms with E-state index in [0.29, 0.717) is 16.8 Å². The average molecular weight is 488 g/mol. The summed E-state index contributed by atoms with van der Waals surface area (Å²) in [7, 11) is 3.05. The Bertz CT molecular complexity index is 1340. The third-order valence-corrected chi connectivity index (χ3v) is 6.26. The van der Waals surface area contributed by atoms with Gasteiger partial charge >= 0.3 is 5.69 Å². The van der Waals surface area contributed by atoms with E-state index in [1.807, 2.05) is 0 Å². The second kappa shape index (κ2) is 9.77. The van der Waals surface area contributed by atoms with Crippen LogP contribution in [0.4, 0.5) is 0 Å². The number of Topliss-reactive ketones (excluding diaryl/α,β-unsaturated/α-hetero) is 1. The SMILES string of the molecule is CC(=O)C(Cc1ccc(-c2c(C)n(C)c(=O)n(C)c2=O)cc1)NC(=O)c1c(Cl)cccc1Cl. The smallest absolute Gasteiger partial charge is 0.330 e. The molecular weight excluding hydrogens is 465 g/mol. The first kappa shape index (κ1) is 24.5. The van der Waals surface area contributed by atoms with Gasteiger partial charge in [-0.2, -0.15) is 0 Å². The van der Waals surface area contributed by atoms with Crippen LogP contribution in [0.5, 0.6) is 0 Å². The molecule has 3 aromatic rings. The van der Waals surface area contributed by atoms with Gasteiger partial charge in [0.2, 0.25) is 0 Å². The zero-order valence-electron chi connectivity index (χ0n) is 18.6. The number of benzene rings is 2. The normalized spacial score (nSPS) is 11.8. The van der Waals surface area contributed by atoms with Crippen molar-refractivity contribution in [2.75, 3.05) is 0 Å². The van der Waals surface area contributed by atoms with Gasteiger partial charge in [0.25, 0.3) is 11.5 Å². The molecule has 1 aromatic heterocycles. The standard InChI is InChI=1S/C24H23Cl2N3O4/c1-13-20(23(32)29(4)24(33)28(13)3)16-10-8-15(9-11-16)12-19(14(2)30)27-22(31)21-17(25)6-5-7-18(21)26/h5-11,19H,12H2,1-4H3,(H,27,31). The van der Waals surface area contributed by atoms with Gasteiger partial charge in [0, 0.05) is 19.8 Å². The second-order valence-electron chi connectivity index (χ2n) is 7.80. The van der Waals surface area contributed by atoms with Crippen molar-refractivity contribution in [3.63, 3.8) is 0 Å². The first-order chi connectivity index (χ1) is 15.5. The van der Waals surface area contributed by atoms with Crippen LogP contribution in [-0.2, 0) is 25.3 Å². The molecule has 1 atom stereocenters. The van der Waals surface area contributed by atoms with E-state index >= 15 is 0 Å². The van der Waals surface area contributed by atoms with E-state index in [1.54, 1.807) is 56.4 Å². The molecule has 0 fully saturated rings. The summed E-state index contributed by atoms with van der Waals surface area (Å²) in [5.74, 6) is -0.759. The number of carbonyl (C=O) groups is 2. The highest BCUT2D eigenvalue weighted by Crippen LogP contribution is 2.24. The number of nitrogens with one attached hydrogen (secondary N) is 1. The quantitative estimate of drug-likeness (QED) is 0.577. The van der Waals surface area contributed by atoms with E-state index < -0.39 is 17.6 Å². The van der Waals surface area contributed by atoms with Gasteiger partial charge < -0.3 is 9.88 Å². The monoisotopic (exact) mass is 487 g/mol. The molecule has 9 heteroatoms. The summed E-state index contributed by atoms with van der Waals surface area (Å²) in [6, 6.07) is 11.0. The lowest BCUT2D eigenvalue weighted by Crippen LogP contribution is -2.41. The lowest BCUT2D eigenvalue weighted by Gasteiger charge is -2.18.